The van der Waals surface area contributed by atoms with Crippen LogP contribution >= 0.6 is 11.8 Å². The topological polar surface area (TPSA) is 61.0 Å². The summed E-state index contributed by atoms with van der Waals surface area (Å²) in [7, 11) is 0. The zero-order valence-corrected chi connectivity index (χ0v) is 15.0. The van der Waals surface area contributed by atoms with Gasteiger partial charge in [-0.05, 0) is 43.2 Å². The predicted octanol–water partition coefficient (Wildman–Crippen LogP) is 5.10. The van der Waals surface area contributed by atoms with Crippen LogP contribution in [0.1, 0.15) is 18.4 Å². The van der Waals surface area contributed by atoms with E-state index in [4.69, 9.17) is 9.15 Å². The first-order chi connectivity index (χ1) is 13.0. The molecule has 0 aliphatic rings. The fourth-order valence-electron chi connectivity index (χ4n) is 2.20. The predicted molar refractivity (Wildman–Crippen MR) is 94.4 cm³/mol. The van der Waals surface area contributed by atoms with Crippen molar-refractivity contribution >= 4 is 11.8 Å². The van der Waals surface area contributed by atoms with Crippen LogP contribution in [0.5, 0.6) is 5.75 Å². The second kappa shape index (κ2) is 8.90. The molecule has 0 unspecified atom stereocenters. The quantitative estimate of drug-likeness (QED) is 0.391. The van der Waals surface area contributed by atoms with E-state index in [0.717, 1.165) is 29.9 Å². The maximum absolute atomic E-state index is 12.6. The molecule has 2 heterocycles. The van der Waals surface area contributed by atoms with Gasteiger partial charge in [0.1, 0.15) is 5.75 Å². The Bertz CT molecular complexity index is 856. The molecule has 0 atom stereocenters. The summed E-state index contributed by atoms with van der Waals surface area (Å²) in [5.41, 5.74) is 0.0933. The van der Waals surface area contributed by atoms with Crippen LogP contribution in [0.25, 0.3) is 11.5 Å². The monoisotopic (exact) mass is 395 g/mol. The molecule has 0 aliphatic heterocycles. The first kappa shape index (κ1) is 19.2. The van der Waals surface area contributed by atoms with Crippen LogP contribution in [0.4, 0.5) is 13.2 Å². The van der Waals surface area contributed by atoms with Gasteiger partial charge in [0.25, 0.3) is 5.22 Å². The van der Waals surface area contributed by atoms with Gasteiger partial charge < -0.3 is 9.15 Å². The highest BCUT2D eigenvalue weighted by atomic mass is 32.2. The number of hydrogen-bond acceptors (Lipinski definition) is 6. The Morgan fingerprint density at radius 3 is 2.63 bits per heavy atom. The van der Waals surface area contributed by atoms with Crippen LogP contribution in [0.3, 0.4) is 0 Å². The minimum Gasteiger partial charge on any atom is -0.494 e. The summed E-state index contributed by atoms with van der Waals surface area (Å²) in [6.45, 7) is 0.341. The molecule has 0 N–H and O–H groups in total. The second-order valence-electron chi connectivity index (χ2n) is 5.54. The van der Waals surface area contributed by atoms with E-state index in [2.05, 4.69) is 15.2 Å². The summed E-state index contributed by atoms with van der Waals surface area (Å²) >= 11 is 1.43. The van der Waals surface area contributed by atoms with Gasteiger partial charge in [0.05, 0.1) is 12.2 Å². The van der Waals surface area contributed by atoms with Gasteiger partial charge in [-0.25, -0.2) is 0 Å². The molecule has 0 spiro atoms. The summed E-state index contributed by atoms with van der Waals surface area (Å²) in [5.74, 6) is 1.40. The highest BCUT2D eigenvalue weighted by Gasteiger charge is 2.30. The highest BCUT2D eigenvalue weighted by molar-refractivity contribution is 7.99. The van der Waals surface area contributed by atoms with Crippen molar-refractivity contribution in [1.82, 2.24) is 15.2 Å². The van der Waals surface area contributed by atoms with Crippen LogP contribution in [-0.4, -0.2) is 27.5 Å². The van der Waals surface area contributed by atoms with Crippen molar-refractivity contribution in [3.05, 3.63) is 54.4 Å². The molecular formula is C18H16F3N3O2S. The van der Waals surface area contributed by atoms with E-state index in [9.17, 15) is 13.2 Å². The number of thioether (sulfide) groups is 1. The van der Waals surface area contributed by atoms with Gasteiger partial charge in [-0.1, -0.05) is 17.8 Å². The number of aromatic nitrogens is 3. The first-order valence-electron chi connectivity index (χ1n) is 8.19. The van der Waals surface area contributed by atoms with E-state index in [1.54, 1.807) is 24.5 Å². The van der Waals surface area contributed by atoms with E-state index >= 15 is 0 Å². The van der Waals surface area contributed by atoms with E-state index in [0.29, 0.717) is 24.1 Å². The number of hydrogen-bond donors (Lipinski definition) is 0. The van der Waals surface area contributed by atoms with Crippen molar-refractivity contribution in [2.24, 2.45) is 0 Å². The molecule has 3 rings (SSSR count). The van der Waals surface area contributed by atoms with E-state index in [1.165, 1.54) is 23.9 Å². The highest BCUT2D eigenvalue weighted by Crippen LogP contribution is 2.31. The molecule has 0 fully saturated rings. The largest absolute Gasteiger partial charge is 0.494 e. The zero-order chi connectivity index (χ0) is 19.1. The number of unbranched alkanes of at least 4 members (excludes halogenated alkanes) is 1. The average Bonchev–Trinajstić information content (AvgIpc) is 3.14. The summed E-state index contributed by atoms with van der Waals surface area (Å²) < 4.78 is 48.9. The Kier molecular flexibility index (Phi) is 6.33. The lowest BCUT2D eigenvalue weighted by molar-refractivity contribution is -0.137. The Morgan fingerprint density at radius 1 is 1.04 bits per heavy atom. The lowest BCUT2D eigenvalue weighted by Crippen LogP contribution is -2.05. The first-order valence-corrected chi connectivity index (χ1v) is 9.18. The van der Waals surface area contributed by atoms with Crippen molar-refractivity contribution in [2.45, 2.75) is 24.2 Å². The zero-order valence-electron chi connectivity index (χ0n) is 14.1. The van der Waals surface area contributed by atoms with E-state index in [1.807, 2.05) is 0 Å². The minimum absolute atomic E-state index is 0.219. The normalized spacial score (nSPS) is 11.5. The standard InChI is InChI=1S/C18H16F3N3O2S/c19-18(20,21)14-4-3-5-15(12-14)25-10-1-2-11-27-17-24-23-16(26-17)13-6-8-22-9-7-13/h3-9,12H,1-2,10-11H2. The maximum atomic E-state index is 12.6. The third-order valence-corrected chi connectivity index (χ3v) is 4.43. The molecule has 3 aromatic rings. The van der Waals surface area contributed by atoms with Gasteiger partial charge in [0.15, 0.2) is 0 Å². The lowest BCUT2D eigenvalue weighted by Gasteiger charge is -2.10. The molecule has 5 nitrogen and oxygen atoms in total. The van der Waals surface area contributed by atoms with Gasteiger partial charge in [-0.3, -0.25) is 4.98 Å². The van der Waals surface area contributed by atoms with Crippen molar-refractivity contribution in [2.75, 3.05) is 12.4 Å². The summed E-state index contributed by atoms with van der Waals surface area (Å²) in [6, 6.07) is 8.45. The molecule has 0 aliphatic carbocycles. The number of benzene rings is 1. The molecule has 0 saturated carbocycles. The Balaban J connectivity index is 1.37. The van der Waals surface area contributed by atoms with Gasteiger partial charge in [0.2, 0.25) is 5.89 Å². The molecular weight excluding hydrogens is 379 g/mol. The SMILES string of the molecule is FC(F)(F)c1cccc(OCCCCSc2nnc(-c3ccncc3)o2)c1. The van der Waals surface area contributed by atoms with E-state index < -0.39 is 11.7 Å². The maximum Gasteiger partial charge on any atom is 0.416 e. The van der Waals surface area contributed by atoms with Crippen LogP contribution in [0.2, 0.25) is 0 Å². The number of halogens is 3. The second-order valence-corrected chi connectivity index (χ2v) is 6.58. The van der Waals surface area contributed by atoms with Gasteiger partial charge >= 0.3 is 6.18 Å². The lowest BCUT2D eigenvalue weighted by atomic mass is 10.2. The third-order valence-electron chi connectivity index (χ3n) is 3.53. The molecule has 27 heavy (non-hydrogen) atoms. The van der Waals surface area contributed by atoms with Crippen molar-refractivity contribution in [1.29, 1.82) is 0 Å². The number of nitrogens with zero attached hydrogens (tertiary/aromatic N) is 3. The average molecular weight is 395 g/mol. The Morgan fingerprint density at radius 2 is 1.85 bits per heavy atom. The number of ether oxygens (including phenoxy) is 1. The molecule has 0 amide bonds. The summed E-state index contributed by atoms with van der Waals surface area (Å²) in [4.78, 5) is 3.93. The van der Waals surface area contributed by atoms with Crippen LogP contribution in [-0.2, 0) is 6.18 Å². The van der Waals surface area contributed by atoms with Crippen LogP contribution < -0.4 is 4.74 Å². The fraction of sp³-hybridized carbons (Fsp3) is 0.278. The third kappa shape index (κ3) is 5.72. The summed E-state index contributed by atoms with van der Waals surface area (Å²) in [5, 5.41) is 8.44. The van der Waals surface area contributed by atoms with Crippen molar-refractivity contribution < 1.29 is 22.3 Å². The Labute approximate surface area is 158 Å². The molecule has 9 heteroatoms. The summed E-state index contributed by atoms with van der Waals surface area (Å²) in [6.07, 6.45) is 0.438. The van der Waals surface area contributed by atoms with Gasteiger partial charge in [-0.15, -0.1) is 10.2 Å². The van der Waals surface area contributed by atoms with E-state index in [-0.39, 0.29) is 5.75 Å². The molecule has 2 aromatic heterocycles. The van der Waals surface area contributed by atoms with Gasteiger partial charge in [-0.2, -0.15) is 13.2 Å². The van der Waals surface area contributed by atoms with Gasteiger partial charge in [0, 0.05) is 23.7 Å². The Hall–Kier alpha value is -2.55. The molecule has 0 radical (unpaired) electrons. The van der Waals surface area contributed by atoms with Crippen molar-refractivity contribution in [3.63, 3.8) is 0 Å². The number of alkyl halides is 3. The fourth-order valence-corrected chi connectivity index (χ4v) is 2.95. The smallest absolute Gasteiger partial charge is 0.416 e. The number of pyridine rings is 1. The molecule has 0 bridgehead atoms. The molecule has 0 saturated heterocycles. The molecule has 142 valence electrons. The van der Waals surface area contributed by atoms with Crippen LogP contribution in [0, 0.1) is 0 Å². The molecule has 1 aromatic carbocycles. The van der Waals surface area contributed by atoms with Crippen LogP contribution in [0.15, 0.2) is 58.4 Å². The number of rotatable bonds is 8. The van der Waals surface area contributed by atoms with Crippen molar-refractivity contribution in [3.8, 4) is 17.2 Å². The minimum atomic E-state index is -4.37.